The Morgan fingerprint density at radius 2 is 1.66 bits per heavy atom. The fourth-order valence-corrected chi connectivity index (χ4v) is 4.51. The Labute approximate surface area is 233 Å². The quantitative estimate of drug-likeness (QED) is 0.0643. The molecular weight excluding hydrogens is 536 g/mol. The number of amides is 3. The standard InChI is InChI=1S/C27H30N6O8/c1-14(29-23(35)16-8-6-15(7-9-16)22(28)32-40)26(37)33-12-10-17(11-13-33)41-25(27(38)39)31-24(36)20-21(34)18-4-2-3-5-19(18)30-20/h2-9,14,17,25,30,34,40H,10-13H2,1H3,(H2,28,32)(H,29,35)(H,31,36)(H,38,39)/t14?,25-/m0/s1. The number of aromatic nitrogens is 1. The van der Waals surface area contributed by atoms with Crippen molar-refractivity contribution in [1.82, 2.24) is 20.5 Å². The number of ether oxygens (including phenoxy) is 1. The third-order valence-electron chi connectivity index (χ3n) is 6.74. The fraction of sp³-hybridized carbons (Fsp3) is 0.296. The summed E-state index contributed by atoms with van der Waals surface area (Å²) in [6.07, 6.45) is -1.63. The van der Waals surface area contributed by atoms with Crippen LogP contribution in [0.3, 0.4) is 0 Å². The number of hydrogen-bond donors (Lipinski definition) is 7. The van der Waals surface area contributed by atoms with Gasteiger partial charge < -0.3 is 46.4 Å². The van der Waals surface area contributed by atoms with Gasteiger partial charge in [-0.2, -0.15) is 0 Å². The van der Waals surface area contributed by atoms with Gasteiger partial charge >= 0.3 is 5.97 Å². The molecule has 0 bridgehead atoms. The largest absolute Gasteiger partial charge is 0.505 e. The minimum absolute atomic E-state index is 0.0987. The number of carbonyl (C=O) groups excluding carboxylic acids is 3. The zero-order valence-electron chi connectivity index (χ0n) is 22.0. The van der Waals surface area contributed by atoms with Crippen LogP contribution in [-0.2, 0) is 14.3 Å². The minimum atomic E-state index is -1.68. The van der Waals surface area contributed by atoms with Crippen LogP contribution in [0.5, 0.6) is 5.75 Å². The van der Waals surface area contributed by atoms with Crippen molar-refractivity contribution in [2.75, 3.05) is 13.1 Å². The number of nitrogens with zero attached hydrogens (tertiary/aromatic N) is 2. The molecule has 14 nitrogen and oxygen atoms in total. The third kappa shape index (κ3) is 6.55. The minimum Gasteiger partial charge on any atom is -0.505 e. The number of nitrogens with one attached hydrogen (secondary N) is 3. The Hall–Kier alpha value is -5.11. The number of nitrogens with two attached hydrogens (primary N) is 1. The lowest BCUT2D eigenvalue weighted by Crippen LogP contribution is -2.51. The van der Waals surface area contributed by atoms with Crippen LogP contribution in [0, 0.1) is 0 Å². The van der Waals surface area contributed by atoms with Crippen molar-refractivity contribution in [2.45, 2.75) is 38.1 Å². The molecule has 41 heavy (non-hydrogen) atoms. The summed E-state index contributed by atoms with van der Waals surface area (Å²) in [4.78, 5) is 54.3. The maximum Gasteiger partial charge on any atom is 0.354 e. The van der Waals surface area contributed by atoms with Gasteiger partial charge in [0.15, 0.2) is 11.6 Å². The van der Waals surface area contributed by atoms with E-state index in [9.17, 15) is 29.4 Å². The Morgan fingerprint density at radius 1 is 1.02 bits per heavy atom. The number of para-hydroxylation sites is 1. The molecule has 0 saturated carbocycles. The van der Waals surface area contributed by atoms with Crippen molar-refractivity contribution in [3.8, 4) is 5.75 Å². The molecule has 1 fully saturated rings. The summed E-state index contributed by atoms with van der Waals surface area (Å²) in [5.41, 5.74) is 6.57. The van der Waals surface area contributed by atoms with Gasteiger partial charge in [-0.1, -0.05) is 29.4 Å². The smallest absolute Gasteiger partial charge is 0.354 e. The van der Waals surface area contributed by atoms with E-state index < -0.39 is 36.2 Å². The molecule has 0 radical (unpaired) electrons. The summed E-state index contributed by atoms with van der Waals surface area (Å²) in [6.45, 7) is 2.06. The Morgan fingerprint density at radius 3 is 2.27 bits per heavy atom. The summed E-state index contributed by atoms with van der Waals surface area (Å²) in [5, 5.41) is 37.0. The normalized spacial score (nSPS) is 15.7. The number of aliphatic carboxylic acids is 1. The Kier molecular flexibility index (Phi) is 8.72. The molecule has 1 aliphatic rings. The second kappa shape index (κ2) is 12.4. The molecule has 2 heterocycles. The first-order valence-electron chi connectivity index (χ1n) is 12.8. The number of carbonyl (C=O) groups is 4. The number of hydrogen-bond acceptors (Lipinski definition) is 8. The van der Waals surface area contributed by atoms with Crippen LogP contribution in [0.2, 0.25) is 0 Å². The predicted molar refractivity (Wildman–Crippen MR) is 145 cm³/mol. The number of oxime groups is 1. The number of aromatic amines is 1. The molecule has 3 amide bonds. The van der Waals surface area contributed by atoms with E-state index >= 15 is 0 Å². The molecule has 3 aromatic rings. The summed E-state index contributed by atoms with van der Waals surface area (Å²) in [6, 6.07) is 11.9. The number of amidine groups is 1. The molecule has 0 spiro atoms. The molecule has 1 saturated heterocycles. The monoisotopic (exact) mass is 566 g/mol. The third-order valence-corrected chi connectivity index (χ3v) is 6.74. The molecule has 14 heteroatoms. The van der Waals surface area contributed by atoms with Gasteiger partial charge in [-0.25, -0.2) is 4.79 Å². The zero-order chi connectivity index (χ0) is 29.7. The number of carboxylic acids is 1. The van der Waals surface area contributed by atoms with Crippen LogP contribution in [0.1, 0.15) is 46.2 Å². The maximum absolute atomic E-state index is 12.9. The van der Waals surface area contributed by atoms with Gasteiger partial charge in [-0.15, -0.1) is 0 Å². The first-order valence-corrected chi connectivity index (χ1v) is 12.8. The summed E-state index contributed by atoms with van der Waals surface area (Å²) >= 11 is 0. The average Bonchev–Trinajstić information content (AvgIpc) is 3.32. The second-order valence-electron chi connectivity index (χ2n) is 9.50. The van der Waals surface area contributed by atoms with Crippen molar-refractivity contribution >= 4 is 40.4 Å². The van der Waals surface area contributed by atoms with Crippen LogP contribution in [-0.4, -0.2) is 86.3 Å². The number of piperidine rings is 1. The molecule has 2 atom stereocenters. The van der Waals surface area contributed by atoms with Crippen LogP contribution in [0.25, 0.3) is 10.9 Å². The first-order chi connectivity index (χ1) is 19.6. The molecule has 1 unspecified atom stereocenters. The number of likely N-dealkylation sites (tertiary alicyclic amines) is 1. The van der Waals surface area contributed by atoms with E-state index in [-0.39, 0.29) is 41.8 Å². The lowest BCUT2D eigenvalue weighted by Gasteiger charge is -2.34. The van der Waals surface area contributed by atoms with Gasteiger partial charge in [0.2, 0.25) is 12.1 Å². The highest BCUT2D eigenvalue weighted by Gasteiger charge is 2.32. The lowest BCUT2D eigenvalue weighted by molar-refractivity contribution is -0.159. The van der Waals surface area contributed by atoms with Gasteiger partial charge in [0.1, 0.15) is 11.7 Å². The molecule has 4 rings (SSSR count). The van der Waals surface area contributed by atoms with Crippen LogP contribution < -0.4 is 16.4 Å². The van der Waals surface area contributed by atoms with E-state index in [1.807, 2.05) is 0 Å². The molecule has 1 aliphatic heterocycles. The molecular formula is C27H30N6O8. The summed E-state index contributed by atoms with van der Waals surface area (Å²) in [7, 11) is 0. The van der Waals surface area contributed by atoms with Crippen molar-refractivity contribution in [3.63, 3.8) is 0 Å². The molecule has 8 N–H and O–H groups in total. The van der Waals surface area contributed by atoms with Crippen LogP contribution in [0.15, 0.2) is 53.7 Å². The molecule has 1 aromatic heterocycles. The Balaban J connectivity index is 1.28. The predicted octanol–water partition coefficient (Wildman–Crippen LogP) is 0.935. The number of H-pyrrole nitrogens is 1. The van der Waals surface area contributed by atoms with E-state index in [0.717, 1.165) is 0 Å². The fourth-order valence-electron chi connectivity index (χ4n) is 4.51. The van der Waals surface area contributed by atoms with Gasteiger partial charge in [0.25, 0.3) is 11.8 Å². The number of rotatable bonds is 9. The van der Waals surface area contributed by atoms with Gasteiger partial charge in [0, 0.05) is 35.1 Å². The number of benzene rings is 2. The highest BCUT2D eigenvalue weighted by atomic mass is 16.5. The number of fused-ring (bicyclic) bond motifs is 1. The first kappa shape index (κ1) is 28.9. The van der Waals surface area contributed by atoms with E-state index in [0.29, 0.717) is 29.3 Å². The number of carboxylic acid groups (broad SMARTS) is 1. The number of aromatic hydroxyl groups is 1. The zero-order valence-corrected chi connectivity index (χ0v) is 22.0. The van der Waals surface area contributed by atoms with E-state index in [2.05, 4.69) is 20.8 Å². The van der Waals surface area contributed by atoms with Crippen LogP contribution >= 0.6 is 0 Å². The van der Waals surface area contributed by atoms with Crippen molar-refractivity contribution in [3.05, 3.63) is 65.4 Å². The molecule has 2 aromatic carbocycles. The van der Waals surface area contributed by atoms with Gasteiger partial charge in [-0.3, -0.25) is 14.4 Å². The van der Waals surface area contributed by atoms with Crippen LogP contribution in [0.4, 0.5) is 0 Å². The SMILES string of the molecule is CC(NC(=O)c1ccc(/C(N)=N/O)cc1)C(=O)N1CCC(O[C@H](NC(=O)c2[nH]c3ccccc3c2O)C(=O)O)CC1. The van der Waals surface area contributed by atoms with Crippen molar-refractivity contribution < 1.29 is 39.3 Å². The van der Waals surface area contributed by atoms with Gasteiger partial charge in [0.05, 0.1) is 6.10 Å². The molecule has 0 aliphatic carbocycles. The maximum atomic E-state index is 12.9. The molecule has 216 valence electrons. The Bertz CT molecular complexity index is 1480. The second-order valence-corrected chi connectivity index (χ2v) is 9.50. The van der Waals surface area contributed by atoms with E-state index in [1.165, 1.54) is 24.3 Å². The average molecular weight is 567 g/mol. The van der Waals surface area contributed by atoms with Gasteiger partial charge in [-0.05, 0) is 44.0 Å². The van der Waals surface area contributed by atoms with Crippen molar-refractivity contribution in [1.29, 1.82) is 0 Å². The summed E-state index contributed by atoms with van der Waals surface area (Å²) in [5.74, 6) is -3.45. The van der Waals surface area contributed by atoms with E-state index in [1.54, 1.807) is 36.1 Å². The lowest BCUT2D eigenvalue weighted by atomic mass is 10.1. The highest BCUT2D eigenvalue weighted by Crippen LogP contribution is 2.28. The highest BCUT2D eigenvalue weighted by molar-refractivity contribution is 6.04. The van der Waals surface area contributed by atoms with E-state index in [4.69, 9.17) is 15.7 Å². The summed E-state index contributed by atoms with van der Waals surface area (Å²) < 4.78 is 5.64. The van der Waals surface area contributed by atoms with Crippen molar-refractivity contribution in [2.24, 2.45) is 10.9 Å². The topological polar surface area (TPSA) is 220 Å².